The molecule has 0 spiro atoms. The lowest BCUT2D eigenvalue weighted by Gasteiger charge is -2.03. The van der Waals surface area contributed by atoms with Crippen LogP contribution in [0.2, 0.25) is 0 Å². The van der Waals surface area contributed by atoms with Crippen molar-refractivity contribution in [2.24, 2.45) is 0 Å². The van der Waals surface area contributed by atoms with E-state index < -0.39 is 0 Å². The lowest BCUT2D eigenvalue weighted by Crippen LogP contribution is -2.00. The van der Waals surface area contributed by atoms with E-state index in [1.807, 2.05) is 18.2 Å². The maximum absolute atomic E-state index is 8.55. The van der Waals surface area contributed by atoms with Gasteiger partial charge in [-0.1, -0.05) is 30.3 Å². The summed E-state index contributed by atoms with van der Waals surface area (Å²) in [4.78, 5) is 0. The van der Waals surface area contributed by atoms with Crippen LogP contribution >= 0.6 is 0 Å². The molecule has 0 aliphatic heterocycles. The van der Waals surface area contributed by atoms with Gasteiger partial charge in [0, 0.05) is 13.2 Å². The van der Waals surface area contributed by atoms with Crippen LogP contribution < -0.4 is 0 Å². The number of aliphatic hydroxyl groups is 1. The molecular formula is C12H18O2. The molecule has 14 heavy (non-hydrogen) atoms. The molecule has 0 aliphatic carbocycles. The summed E-state index contributed by atoms with van der Waals surface area (Å²) in [6, 6.07) is 10.3. The second kappa shape index (κ2) is 7.54. The van der Waals surface area contributed by atoms with E-state index in [2.05, 4.69) is 12.1 Å². The molecule has 0 saturated carbocycles. The Morgan fingerprint density at radius 1 is 1.00 bits per heavy atom. The molecule has 2 heteroatoms. The minimum atomic E-state index is 0.266. The fraction of sp³-hybridized carbons (Fsp3) is 0.500. The monoisotopic (exact) mass is 194 g/mol. The Labute approximate surface area is 85.5 Å². The highest BCUT2D eigenvalue weighted by Gasteiger charge is 1.92. The van der Waals surface area contributed by atoms with Crippen molar-refractivity contribution in [2.75, 3.05) is 19.8 Å². The van der Waals surface area contributed by atoms with Crippen molar-refractivity contribution < 1.29 is 9.84 Å². The molecule has 0 saturated heterocycles. The third kappa shape index (κ3) is 5.00. The summed E-state index contributed by atoms with van der Waals surface area (Å²) < 4.78 is 5.43. The molecule has 0 amide bonds. The Morgan fingerprint density at radius 2 is 1.79 bits per heavy atom. The molecule has 78 valence electrons. The van der Waals surface area contributed by atoms with Crippen molar-refractivity contribution in [3.63, 3.8) is 0 Å². The van der Waals surface area contributed by atoms with Gasteiger partial charge >= 0.3 is 0 Å². The number of aliphatic hydroxyl groups excluding tert-OH is 1. The first kappa shape index (κ1) is 11.2. The van der Waals surface area contributed by atoms with E-state index >= 15 is 0 Å². The molecule has 2 nitrogen and oxygen atoms in total. The van der Waals surface area contributed by atoms with Crippen LogP contribution in [0.1, 0.15) is 18.4 Å². The largest absolute Gasteiger partial charge is 0.396 e. The van der Waals surface area contributed by atoms with Gasteiger partial charge in [-0.2, -0.15) is 0 Å². The van der Waals surface area contributed by atoms with Crippen molar-refractivity contribution in [3.05, 3.63) is 35.9 Å². The van der Waals surface area contributed by atoms with Crippen LogP contribution in [0.15, 0.2) is 30.3 Å². The molecule has 0 heterocycles. The van der Waals surface area contributed by atoms with E-state index in [1.165, 1.54) is 5.56 Å². The Kier molecular flexibility index (Phi) is 6.04. The standard InChI is InChI=1S/C12H18O2/c13-9-4-5-10-14-11-8-12-6-2-1-3-7-12/h1-3,6-7,13H,4-5,8-11H2. The Morgan fingerprint density at radius 3 is 2.50 bits per heavy atom. The third-order valence-electron chi connectivity index (χ3n) is 2.07. The van der Waals surface area contributed by atoms with Gasteiger partial charge in [-0.05, 0) is 24.8 Å². The minimum Gasteiger partial charge on any atom is -0.396 e. The Hall–Kier alpha value is -0.860. The van der Waals surface area contributed by atoms with E-state index in [0.29, 0.717) is 0 Å². The van der Waals surface area contributed by atoms with Crippen LogP contribution in [-0.4, -0.2) is 24.9 Å². The fourth-order valence-electron chi connectivity index (χ4n) is 1.25. The zero-order valence-electron chi connectivity index (χ0n) is 8.48. The van der Waals surface area contributed by atoms with Gasteiger partial charge in [0.05, 0.1) is 6.61 Å². The maximum atomic E-state index is 8.55. The maximum Gasteiger partial charge on any atom is 0.0506 e. The zero-order chi connectivity index (χ0) is 10.1. The molecule has 0 fully saturated rings. The summed E-state index contributed by atoms with van der Waals surface area (Å²) in [7, 11) is 0. The number of ether oxygens (including phenoxy) is 1. The predicted octanol–water partition coefficient (Wildman–Crippen LogP) is 2.02. The average Bonchev–Trinajstić information content (AvgIpc) is 2.25. The predicted molar refractivity (Wildman–Crippen MR) is 57.3 cm³/mol. The van der Waals surface area contributed by atoms with E-state index in [9.17, 15) is 0 Å². The first-order valence-corrected chi connectivity index (χ1v) is 5.16. The van der Waals surface area contributed by atoms with E-state index in [0.717, 1.165) is 32.5 Å². The summed E-state index contributed by atoms with van der Waals surface area (Å²) >= 11 is 0. The van der Waals surface area contributed by atoms with Gasteiger partial charge in [0.2, 0.25) is 0 Å². The number of hydrogen-bond donors (Lipinski definition) is 1. The van der Waals surface area contributed by atoms with E-state index in [1.54, 1.807) is 0 Å². The molecular weight excluding hydrogens is 176 g/mol. The number of benzene rings is 1. The van der Waals surface area contributed by atoms with Crippen molar-refractivity contribution in [1.29, 1.82) is 0 Å². The quantitative estimate of drug-likeness (QED) is 0.673. The summed E-state index contributed by atoms with van der Waals surface area (Å²) in [5, 5.41) is 8.55. The van der Waals surface area contributed by atoms with Gasteiger partial charge in [0.15, 0.2) is 0 Å². The second-order valence-corrected chi connectivity index (χ2v) is 3.28. The molecule has 1 aromatic carbocycles. The van der Waals surface area contributed by atoms with Crippen molar-refractivity contribution >= 4 is 0 Å². The fourth-order valence-corrected chi connectivity index (χ4v) is 1.25. The molecule has 0 radical (unpaired) electrons. The molecule has 0 bridgehead atoms. The number of unbranched alkanes of at least 4 members (excludes halogenated alkanes) is 1. The lowest BCUT2D eigenvalue weighted by molar-refractivity contribution is 0.128. The van der Waals surface area contributed by atoms with Crippen molar-refractivity contribution in [1.82, 2.24) is 0 Å². The average molecular weight is 194 g/mol. The van der Waals surface area contributed by atoms with E-state index in [4.69, 9.17) is 9.84 Å². The SMILES string of the molecule is OCCCCOCCc1ccccc1. The third-order valence-corrected chi connectivity index (χ3v) is 2.07. The molecule has 1 rings (SSSR count). The zero-order valence-corrected chi connectivity index (χ0v) is 8.48. The summed E-state index contributed by atoms with van der Waals surface area (Å²) in [6.45, 7) is 1.80. The van der Waals surface area contributed by atoms with Crippen molar-refractivity contribution in [2.45, 2.75) is 19.3 Å². The van der Waals surface area contributed by atoms with Gasteiger partial charge in [-0.25, -0.2) is 0 Å². The Bertz CT molecular complexity index is 221. The van der Waals surface area contributed by atoms with Gasteiger partial charge in [0.1, 0.15) is 0 Å². The smallest absolute Gasteiger partial charge is 0.0506 e. The molecule has 1 aromatic rings. The summed E-state index contributed by atoms with van der Waals surface area (Å²) in [5.41, 5.74) is 1.31. The second-order valence-electron chi connectivity index (χ2n) is 3.28. The highest BCUT2D eigenvalue weighted by atomic mass is 16.5. The van der Waals surface area contributed by atoms with Gasteiger partial charge in [-0.3, -0.25) is 0 Å². The first-order chi connectivity index (χ1) is 6.93. The number of rotatable bonds is 7. The van der Waals surface area contributed by atoms with Crippen LogP contribution in [-0.2, 0) is 11.2 Å². The van der Waals surface area contributed by atoms with Crippen LogP contribution in [0.4, 0.5) is 0 Å². The van der Waals surface area contributed by atoms with Gasteiger partial charge in [-0.15, -0.1) is 0 Å². The van der Waals surface area contributed by atoms with Crippen molar-refractivity contribution in [3.8, 4) is 0 Å². The van der Waals surface area contributed by atoms with Gasteiger partial charge < -0.3 is 9.84 Å². The topological polar surface area (TPSA) is 29.5 Å². The van der Waals surface area contributed by atoms with E-state index in [-0.39, 0.29) is 6.61 Å². The minimum absolute atomic E-state index is 0.266. The molecule has 0 aromatic heterocycles. The van der Waals surface area contributed by atoms with Gasteiger partial charge in [0.25, 0.3) is 0 Å². The van der Waals surface area contributed by atoms with Crippen LogP contribution in [0.5, 0.6) is 0 Å². The molecule has 1 N–H and O–H groups in total. The highest BCUT2D eigenvalue weighted by Crippen LogP contribution is 1.99. The summed E-state index contributed by atoms with van der Waals surface area (Å²) in [6.07, 6.45) is 2.76. The normalized spacial score (nSPS) is 10.4. The molecule has 0 atom stereocenters. The van der Waals surface area contributed by atoms with Crippen LogP contribution in [0.3, 0.4) is 0 Å². The van der Waals surface area contributed by atoms with Crippen LogP contribution in [0.25, 0.3) is 0 Å². The lowest BCUT2D eigenvalue weighted by atomic mass is 10.2. The molecule has 0 unspecified atom stereocenters. The molecule has 0 aliphatic rings. The first-order valence-electron chi connectivity index (χ1n) is 5.16. The highest BCUT2D eigenvalue weighted by molar-refractivity contribution is 5.14. The summed E-state index contributed by atoms with van der Waals surface area (Å²) in [5.74, 6) is 0. The Balaban J connectivity index is 1.99. The van der Waals surface area contributed by atoms with Crippen LogP contribution in [0, 0.1) is 0 Å². The number of hydrogen-bond acceptors (Lipinski definition) is 2.